The molecule has 24 heavy (non-hydrogen) atoms. The van der Waals surface area contributed by atoms with E-state index in [1.54, 1.807) is 0 Å². The lowest BCUT2D eigenvalue weighted by Gasteiger charge is -2.58. The summed E-state index contributed by atoms with van der Waals surface area (Å²) >= 11 is 0. The molecule has 0 bridgehead atoms. The summed E-state index contributed by atoms with van der Waals surface area (Å²) in [5, 5.41) is 29.5. The van der Waals surface area contributed by atoms with E-state index in [2.05, 4.69) is 19.1 Å². The van der Waals surface area contributed by atoms with Crippen LogP contribution in [-0.2, 0) is 0 Å². The molecule has 0 aromatic rings. The third-order valence-corrected chi connectivity index (χ3v) is 8.18. The van der Waals surface area contributed by atoms with E-state index in [-0.39, 0.29) is 23.5 Å². The molecule has 4 aliphatic rings. The average molecular weight is 327 g/mol. The second-order valence-corrected chi connectivity index (χ2v) is 8.82. The molecule has 4 rings (SSSR count). The molecule has 0 aromatic carbocycles. The summed E-state index contributed by atoms with van der Waals surface area (Å²) in [6.07, 6.45) is 12.1. The first-order valence-electron chi connectivity index (χ1n) is 9.64. The van der Waals surface area contributed by atoms with Gasteiger partial charge in [0.15, 0.2) is 0 Å². The Morgan fingerprint density at radius 3 is 2.79 bits per heavy atom. The van der Waals surface area contributed by atoms with Crippen LogP contribution in [-0.4, -0.2) is 22.9 Å². The lowest BCUT2D eigenvalue weighted by atomic mass is 9.47. The predicted molar refractivity (Wildman–Crippen MR) is 92.8 cm³/mol. The van der Waals surface area contributed by atoms with Crippen molar-refractivity contribution in [2.24, 2.45) is 28.6 Å². The topological polar surface area (TPSA) is 64.2 Å². The molecule has 2 N–H and O–H groups in total. The fourth-order valence-electron chi connectivity index (χ4n) is 6.96. The van der Waals surface area contributed by atoms with Crippen LogP contribution in [0.1, 0.15) is 58.3 Å². The summed E-state index contributed by atoms with van der Waals surface area (Å²) in [5.74, 6) is 1.87. The highest BCUT2D eigenvalue weighted by atomic mass is 16.3. The summed E-state index contributed by atoms with van der Waals surface area (Å²) in [6.45, 7) is 2.61. The number of nitriles is 1. The number of hydrogen-bond acceptors (Lipinski definition) is 3. The number of aliphatic hydroxyl groups excluding tert-OH is 2. The van der Waals surface area contributed by atoms with Gasteiger partial charge < -0.3 is 10.2 Å². The predicted octanol–water partition coefficient (Wildman–Crippen LogP) is 3.73. The van der Waals surface area contributed by atoms with Crippen molar-refractivity contribution in [2.75, 3.05) is 6.61 Å². The molecule has 0 saturated heterocycles. The van der Waals surface area contributed by atoms with Crippen molar-refractivity contribution in [3.8, 4) is 6.07 Å². The molecule has 0 heterocycles. The monoisotopic (exact) mass is 327 g/mol. The SMILES string of the molecule is CC12CCC3C(CCC4=CC(O)CCC43CO)C1CCC2=CC#N. The van der Waals surface area contributed by atoms with Crippen molar-refractivity contribution in [3.05, 3.63) is 23.3 Å². The Morgan fingerprint density at radius 2 is 2.04 bits per heavy atom. The Hall–Kier alpha value is -1.11. The van der Waals surface area contributed by atoms with Crippen LogP contribution in [0.15, 0.2) is 23.3 Å². The number of hydrogen-bond donors (Lipinski definition) is 2. The molecule has 4 aliphatic carbocycles. The smallest absolute Gasteiger partial charge is 0.0911 e. The molecule has 130 valence electrons. The number of nitrogens with zero attached hydrogens (tertiary/aromatic N) is 1. The van der Waals surface area contributed by atoms with Crippen molar-refractivity contribution < 1.29 is 10.2 Å². The van der Waals surface area contributed by atoms with Gasteiger partial charge in [0.25, 0.3) is 0 Å². The van der Waals surface area contributed by atoms with E-state index >= 15 is 0 Å². The number of allylic oxidation sites excluding steroid dienone is 2. The maximum absolute atomic E-state index is 10.4. The molecule has 3 fully saturated rings. The van der Waals surface area contributed by atoms with E-state index < -0.39 is 0 Å². The first-order chi connectivity index (χ1) is 11.5. The van der Waals surface area contributed by atoms with Gasteiger partial charge in [0.2, 0.25) is 0 Å². The molecule has 3 saturated carbocycles. The van der Waals surface area contributed by atoms with E-state index in [0.717, 1.165) is 38.5 Å². The minimum absolute atomic E-state index is 0.0782. The highest BCUT2D eigenvalue weighted by Crippen LogP contribution is 2.66. The van der Waals surface area contributed by atoms with Crippen molar-refractivity contribution in [1.82, 2.24) is 0 Å². The largest absolute Gasteiger partial charge is 0.395 e. The van der Waals surface area contributed by atoms with Gasteiger partial charge >= 0.3 is 0 Å². The Balaban J connectivity index is 1.70. The van der Waals surface area contributed by atoms with Gasteiger partial charge in [0.1, 0.15) is 0 Å². The van der Waals surface area contributed by atoms with Crippen molar-refractivity contribution >= 4 is 0 Å². The van der Waals surface area contributed by atoms with Crippen LogP contribution in [0.3, 0.4) is 0 Å². The molecule has 6 atom stereocenters. The van der Waals surface area contributed by atoms with Crippen molar-refractivity contribution in [2.45, 2.75) is 64.4 Å². The van der Waals surface area contributed by atoms with Crippen LogP contribution in [0.2, 0.25) is 0 Å². The van der Waals surface area contributed by atoms with Gasteiger partial charge in [-0.2, -0.15) is 5.26 Å². The van der Waals surface area contributed by atoms with Crippen molar-refractivity contribution in [1.29, 1.82) is 5.26 Å². The summed E-state index contributed by atoms with van der Waals surface area (Å²) in [6, 6.07) is 2.27. The van der Waals surface area contributed by atoms with Gasteiger partial charge in [-0.1, -0.05) is 24.1 Å². The number of rotatable bonds is 1. The molecule has 3 nitrogen and oxygen atoms in total. The highest BCUT2D eigenvalue weighted by Gasteiger charge is 2.58. The van der Waals surface area contributed by atoms with E-state index in [4.69, 9.17) is 5.26 Å². The minimum atomic E-state index is -0.318. The van der Waals surface area contributed by atoms with Gasteiger partial charge in [-0.15, -0.1) is 0 Å². The molecular weight excluding hydrogens is 298 g/mol. The number of aliphatic hydroxyl groups is 2. The maximum atomic E-state index is 10.4. The van der Waals surface area contributed by atoms with Crippen LogP contribution in [0.4, 0.5) is 0 Å². The van der Waals surface area contributed by atoms with Crippen LogP contribution >= 0.6 is 0 Å². The summed E-state index contributed by atoms with van der Waals surface area (Å²) < 4.78 is 0. The van der Waals surface area contributed by atoms with Crippen molar-refractivity contribution in [3.63, 3.8) is 0 Å². The normalized spacial score (nSPS) is 48.9. The van der Waals surface area contributed by atoms with Gasteiger partial charge in [-0.25, -0.2) is 0 Å². The standard InChI is InChI=1S/C21H29NO2/c1-20-9-7-19-17(18(20)5-3-14(20)8-11-22)4-2-15-12-16(24)6-10-21(15,19)13-23/h8,12,16-19,23-24H,2-7,9-10,13H2,1H3. The third-order valence-electron chi connectivity index (χ3n) is 8.18. The zero-order valence-corrected chi connectivity index (χ0v) is 14.7. The number of fused-ring (bicyclic) bond motifs is 5. The molecule has 0 amide bonds. The van der Waals surface area contributed by atoms with E-state index in [1.807, 2.05) is 6.08 Å². The van der Waals surface area contributed by atoms with E-state index in [0.29, 0.717) is 17.8 Å². The van der Waals surface area contributed by atoms with E-state index in [1.165, 1.54) is 24.0 Å². The van der Waals surface area contributed by atoms with Gasteiger partial charge in [0, 0.05) is 11.5 Å². The Labute approximate surface area is 145 Å². The molecule has 0 aliphatic heterocycles. The zero-order valence-electron chi connectivity index (χ0n) is 14.7. The molecule has 3 heteroatoms. The Bertz CT molecular complexity index is 630. The fourth-order valence-corrected chi connectivity index (χ4v) is 6.96. The molecule has 0 aromatic heterocycles. The van der Waals surface area contributed by atoms with Crippen LogP contribution in [0.5, 0.6) is 0 Å². The summed E-state index contributed by atoms with van der Waals surface area (Å²) in [7, 11) is 0. The summed E-state index contributed by atoms with van der Waals surface area (Å²) in [4.78, 5) is 0. The lowest BCUT2D eigenvalue weighted by molar-refractivity contribution is -0.0618. The Morgan fingerprint density at radius 1 is 1.21 bits per heavy atom. The van der Waals surface area contributed by atoms with Crippen LogP contribution in [0.25, 0.3) is 0 Å². The third kappa shape index (κ3) is 2.09. The van der Waals surface area contributed by atoms with Crippen LogP contribution < -0.4 is 0 Å². The highest BCUT2D eigenvalue weighted by molar-refractivity contribution is 5.31. The second kappa shape index (κ2) is 5.71. The molecule has 0 spiro atoms. The lowest BCUT2D eigenvalue weighted by Crippen LogP contribution is -2.52. The maximum Gasteiger partial charge on any atom is 0.0911 e. The minimum Gasteiger partial charge on any atom is -0.395 e. The van der Waals surface area contributed by atoms with Gasteiger partial charge in [-0.05, 0) is 74.5 Å². The zero-order chi connectivity index (χ0) is 16.9. The molecular formula is C21H29NO2. The fraction of sp³-hybridized carbons (Fsp3) is 0.762. The van der Waals surface area contributed by atoms with Crippen LogP contribution in [0, 0.1) is 39.9 Å². The molecule has 6 unspecified atom stereocenters. The first kappa shape index (κ1) is 16.4. The summed E-state index contributed by atoms with van der Waals surface area (Å²) in [5.41, 5.74) is 2.82. The Kier molecular flexibility index (Phi) is 3.90. The second-order valence-electron chi connectivity index (χ2n) is 8.82. The van der Waals surface area contributed by atoms with Gasteiger partial charge in [0.05, 0.1) is 18.8 Å². The molecule has 0 radical (unpaired) electrons. The van der Waals surface area contributed by atoms with Gasteiger partial charge in [-0.3, -0.25) is 0 Å². The average Bonchev–Trinajstić information content (AvgIpc) is 2.91. The quantitative estimate of drug-likeness (QED) is 0.570. The first-order valence-corrected chi connectivity index (χ1v) is 9.64. The van der Waals surface area contributed by atoms with E-state index in [9.17, 15) is 10.2 Å².